The number of hydrogen-bond donors (Lipinski definition) is 7. The van der Waals surface area contributed by atoms with Crippen LogP contribution in [0.5, 0.6) is 0 Å². The van der Waals surface area contributed by atoms with Crippen molar-refractivity contribution in [2.75, 3.05) is 114 Å². The lowest BCUT2D eigenvalue weighted by molar-refractivity contribution is -0.245. The number of esters is 1. The van der Waals surface area contributed by atoms with E-state index in [4.69, 9.17) is 62.6 Å². The number of cyclic esters (lactones) is 1. The van der Waals surface area contributed by atoms with E-state index in [1.165, 1.54) is 19.3 Å². The highest BCUT2D eigenvalue weighted by atomic mass is 32.1. The monoisotopic (exact) mass is 1790 g/mol. The van der Waals surface area contributed by atoms with Crippen molar-refractivity contribution in [3.05, 3.63) is 143 Å². The lowest BCUT2D eigenvalue weighted by Gasteiger charge is -2.40. The van der Waals surface area contributed by atoms with Crippen LogP contribution >= 0.6 is 12.2 Å². The first-order chi connectivity index (χ1) is 62.1. The molecule has 2 aromatic carbocycles. The number of hydrogen-bond acceptors (Lipinski definition) is 31. The normalized spacial score (nSPS) is 26.5. The Labute approximate surface area is 755 Å². The van der Waals surface area contributed by atoms with E-state index in [9.17, 15) is 48.9 Å². The number of carbonyl (C=O) groups is 7. The highest BCUT2D eigenvalue weighted by Gasteiger charge is 2.50. The minimum absolute atomic E-state index is 0.0263. The summed E-state index contributed by atoms with van der Waals surface area (Å²) in [5.74, 6) is -6.71. The zero-order valence-corrected chi connectivity index (χ0v) is 75.2. The number of thiocarbonyl (C=S) groups is 1. The number of allylic oxidation sites excluding steroid dienone is 6. The van der Waals surface area contributed by atoms with E-state index in [-0.39, 0.29) is 85.2 Å². The van der Waals surface area contributed by atoms with Gasteiger partial charge >= 0.3 is 5.97 Å². The molecule has 0 unspecified atom stereocenters. The number of piperazine rings is 2. The van der Waals surface area contributed by atoms with Crippen molar-refractivity contribution in [1.82, 2.24) is 69.6 Å². The van der Waals surface area contributed by atoms with Gasteiger partial charge in [0.15, 0.2) is 17.0 Å². The number of benzene rings is 2. The van der Waals surface area contributed by atoms with Crippen LogP contribution in [0, 0.1) is 23.7 Å². The number of nitrogens with one attached hydrogen (secondary N) is 1. The molecule has 11 atom stereocenters. The number of anilines is 4. The molecule has 0 radical (unpaired) electrons. The Morgan fingerprint density at radius 2 is 1.50 bits per heavy atom. The number of piperidine rings is 1. The Morgan fingerprint density at radius 1 is 0.760 bits per heavy atom. The zero-order chi connectivity index (χ0) is 91.2. The largest absolute Gasteiger partial charge is 0.468 e. The summed E-state index contributed by atoms with van der Waals surface area (Å²) in [6.45, 7) is 17.1. The highest BCUT2D eigenvalue weighted by molar-refractivity contribution is 7.80. The Kier molecular flexibility index (Phi) is 31.5. The van der Waals surface area contributed by atoms with E-state index in [2.05, 4.69) is 73.1 Å². The van der Waals surface area contributed by atoms with Gasteiger partial charge in [0.05, 0.1) is 49.3 Å². The van der Waals surface area contributed by atoms with Crippen LogP contribution in [0.3, 0.4) is 0 Å². The number of aromatic nitrogens is 9. The van der Waals surface area contributed by atoms with Crippen molar-refractivity contribution in [2.45, 2.75) is 211 Å². The number of aliphatic hydroxyl groups is 3. The van der Waals surface area contributed by atoms with Gasteiger partial charge in [-0.2, -0.15) is 10.1 Å². The van der Waals surface area contributed by atoms with E-state index in [1.807, 2.05) is 70.8 Å². The van der Waals surface area contributed by atoms with Crippen LogP contribution in [0.4, 0.5) is 23.7 Å². The molecule has 0 spiro atoms. The van der Waals surface area contributed by atoms with Gasteiger partial charge in [-0.25, -0.2) is 39.4 Å². The van der Waals surface area contributed by atoms with Gasteiger partial charge in [0.2, 0.25) is 23.6 Å². The van der Waals surface area contributed by atoms with Crippen LogP contribution in [0.25, 0.3) is 33.4 Å². The number of aliphatic hydroxyl groups excluding tert-OH is 2. The first-order valence-corrected chi connectivity index (χ1v) is 45.6. The maximum Gasteiger partial charge on any atom is 0.329 e. The van der Waals surface area contributed by atoms with Gasteiger partial charge in [0, 0.05) is 165 Å². The average molecular weight is 1790 g/mol. The van der Waals surface area contributed by atoms with Crippen LogP contribution in [0.2, 0.25) is 0 Å². The van der Waals surface area contributed by atoms with Gasteiger partial charge in [0.1, 0.15) is 59.6 Å². The Hall–Kier alpha value is -11.0. The molecule has 1 aliphatic carbocycles. The first kappa shape index (κ1) is 94.2. The number of nitrogen functional groups attached to an aromatic ring is 2. The second kappa shape index (κ2) is 43.2. The smallest absolute Gasteiger partial charge is 0.329 e. The van der Waals surface area contributed by atoms with Crippen molar-refractivity contribution in [2.24, 2.45) is 29.4 Å². The standard InChI is InChI=1S/C93H121N19O16S/c1-56-13-8-7-9-14-57(2)75(123-6)46-69-15-12-27-93(122,128-69)83(118)87(120)111-28-11-10-16-72(111)88(121)126-76(47-73(113)58(3)42-60(5)81(116)82(117)80(115)59(4)41-56)70(94)44-61-18-22-68(23-19-61)125-92(129)101-50-63-48-97-90(98-49-63)109-36-34-107(35-37-109)77(114)26-39-124-40-38-106-30-32-108(33-31-106)91-99-51-67(52-100-91)86(119)110-29-25-64-43-62(17-20-66(64)54-110)53-112-85-78(84(95)102-55-103-85)79(105-112)65-21-24-74-71(45-65)104-89(96)127-74/h7-9,13-14,17,20-21,24,42-43,45,48-49,51-52,55-56,58-59,61,68-70,72,75-76,81-82,116-117,122H,10-12,15-16,18-19,22-23,25-41,44,46-47,50,53-54,94H2,1-6H3,(H2,96,104)(H,101,129)(H2,95,102,103)/b9-7?,13-8+,57-14?,60-42+/t56-,58-,59-,61?,68?,69+,70-,72+,75+,76+,81-,82+,93-/m1/s1. The molecule has 2 bridgehead atoms. The molecule has 10 N–H and O–H groups in total. The molecule has 129 heavy (non-hydrogen) atoms. The summed E-state index contributed by atoms with van der Waals surface area (Å²) in [7, 11) is 1.56. The van der Waals surface area contributed by atoms with E-state index in [0.29, 0.717) is 200 Å². The van der Waals surface area contributed by atoms with E-state index in [1.54, 1.807) is 51.8 Å². The molecule has 3 amide bonds. The number of nitrogens with zero attached hydrogens (tertiary/aromatic N) is 15. The van der Waals surface area contributed by atoms with Gasteiger partial charge < -0.3 is 90.4 Å². The summed E-state index contributed by atoms with van der Waals surface area (Å²) in [4.78, 5) is 141. The van der Waals surface area contributed by atoms with Crippen molar-refractivity contribution >= 4 is 104 Å². The van der Waals surface area contributed by atoms with Crippen LogP contribution in [-0.2, 0) is 78.5 Å². The summed E-state index contributed by atoms with van der Waals surface area (Å²) in [5, 5.41) is 43.4. The van der Waals surface area contributed by atoms with Crippen molar-refractivity contribution in [3.63, 3.8) is 0 Å². The number of ketones is 3. The molecule has 35 nitrogen and oxygen atoms in total. The molecular formula is C93H121N19O16S. The molecular weight excluding hydrogens is 1670 g/mol. The number of ether oxygens (including phenoxy) is 5. The van der Waals surface area contributed by atoms with E-state index >= 15 is 0 Å². The third-order valence-corrected chi connectivity index (χ3v) is 26.4. The van der Waals surface area contributed by atoms with Crippen molar-refractivity contribution < 1.29 is 77.0 Å². The van der Waals surface area contributed by atoms with Gasteiger partial charge in [-0.05, 0) is 161 Å². The summed E-state index contributed by atoms with van der Waals surface area (Å²) >= 11 is 5.67. The number of nitrogens with two attached hydrogens (primary N) is 3. The lowest BCUT2D eigenvalue weighted by atomic mass is 9.81. The SMILES string of the molecule is CO[C@H]1C[C@@H]2CCC[C@@](O)(O2)C(=O)C(=O)N2CCCC[C@H]2C(=O)O[C@H]([C@H](N)CC2CCC(OC(=S)NCc3cnc(N4CCN(C(=O)CCOCCN5CCN(c6ncc(C(=O)N7CCc8cc(Cn9nc(-c%10ccc%11oc(N)nc%11c%10)c%10c(N)ncnc%109)ccc8C7)cn6)CC5)CC4)nc3)CC2)CC(=O)[C@H](C)/C=C(\C)[C@@H](O)[C@@H](O)C(=O)[C@H](C)C[C@H](C)/C=C/C=CC=C1C. The molecule has 5 fully saturated rings. The Morgan fingerprint density at radius 3 is 2.24 bits per heavy atom. The van der Waals surface area contributed by atoms with Crippen LogP contribution in [0.15, 0.2) is 120 Å². The molecule has 36 heteroatoms. The minimum atomic E-state index is -2.45. The number of oxazole rings is 1. The van der Waals surface area contributed by atoms with Gasteiger partial charge in [-0.1, -0.05) is 75.4 Å². The fourth-order valence-corrected chi connectivity index (χ4v) is 18.7. The number of fused-ring (bicyclic) bond motifs is 6. The lowest BCUT2D eigenvalue weighted by Crippen LogP contribution is -2.58. The van der Waals surface area contributed by atoms with Crippen LogP contribution < -0.4 is 32.3 Å². The van der Waals surface area contributed by atoms with E-state index in [0.717, 1.165) is 57.9 Å². The number of Topliss-reactive ketones (excluding diaryl/α,β-unsaturated/α-hetero) is 3. The van der Waals surface area contributed by atoms with Gasteiger partial charge in [0.25, 0.3) is 28.8 Å². The van der Waals surface area contributed by atoms with E-state index < -0.39 is 89.5 Å². The summed E-state index contributed by atoms with van der Waals surface area (Å²) in [6.07, 6.45) is 19.2. The maximum absolute atomic E-state index is 14.6. The molecule has 6 aliphatic heterocycles. The van der Waals surface area contributed by atoms with Crippen molar-refractivity contribution in [1.29, 1.82) is 0 Å². The molecule has 4 saturated heterocycles. The molecule has 5 aromatic heterocycles. The Balaban J connectivity index is 0.484. The predicted molar refractivity (Wildman–Crippen MR) is 485 cm³/mol. The topological polar surface area (TPSA) is 457 Å². The fourth-order valence-electron chi connectivity index (χ4n) is 18.5. The van der Waals surface area contributed by atoms with Crippen LogP contribution in [-0.4, -0.2) is 273 Å². The molecule has 14 rings (SSSR count). The molecule has 1 saturated carbocycles. The average Bonchev–Trinajstić information content (AvgIpc) is 1.58. The quantitative estimate of drug-likeness (QED) is 0.0138. The third kappa shape index (κ3) is 23.6. The second-order valence-corrected chi connectivity index (χ2v) is 35.8. The number of amides is 3. The predicted octanol–water partition coefficient (Wildman–Crippen LogP) is 7.26. The van der Waals surface area contributed by atoms with Gasteiger partial charge in [-0.3, -0.25) is 33.7 Å². The fraction of sp³-hybridized carbons (Fsp3) is 0.548. The Bertz CT molecular complexity index is 5270. The number of carbonyl (C=O) groups excluding carboxylic acids is 7. The third-order valence-electron chi connectivity index (χ3n) is 26.1. The summed E-state index contributed by atoms with van der Waals surface area (Å²) < 4.78 is 37.7. The number of rotatable bonds is 19. The van der Waals surface area contributed by atoms with Gasteiger partial charge in [-0.15, -0.1) is 0 Å². The highest BCUT2D eigenvalue weighted by Crippen LogP contribution is 2.38. The summed E-state index contributed by atoms with van der Waals surface area (Å²) in [5.41, 5.74) is 27.9. The van der Waals surface area contributed by atoms with Crippen molar-refractivity contribution in [3.8, 4) is 11.3 Å². The molecule has 690 valence electrons. The maximum atomic E-state index is 14.6. The molecule has 7 aliphatic rings. The first-order valence-electron chi connectivity index (χ1n) is 45.2. The van der Waals surface area contributed by atoms with Crippen LogP contribution in [0.1, 0.15) is 164 Å². The molecule has 7 aromatic rings. The number of methoxy groups -OCH3 is 1. The second-order valence-electron chi connectivity index (χ2n) is 35.4. The minimum Gasteiger partial charge on any atom is -0.468 e. The summed E-state index contributed by atoms with van der Waals surface area (Å²) in [6, 6.07) is 9.79. The zero-order valence-electron chi connectivity index (χ0n) is 74.4. The molecule has 11 heterocycles.